The van der Waals surface area contributed by atoms with Crippen molar-refractivity contribution in [3.05, 3.63) is 35.6 Å². The van der Waals surface area contributed by atoms with E-state index in [1.54, 1.807) is 26.0 Å². The van der Waals surface area contributed by atoms with E-state index in [1.165, 1.54) is 12.1 Å². The van der Waals surface area contributed by atoms with Gasteiger partial charge >= 0.3 is 5.97 Å². The van der Waals surface area contributed by atoms with Crippen molar-refractivity contribution in [1.29, 1.82) is 0 Å². The van der Waals surface area contributed by atoms with Crippen molar-refractivity contribution in [3.8, 4) is 0 Å². The molecule has 1 aromatic rings. The zero-order valence-corrected chi connectivity index (χ0v) is 11.8. The number of carbonyl (C=O) groups excluding carboxylic acids is 1. The second-order valence-corrected chi connectivity index (χ2v) is 5.64. The van der Waals surface area contributed by atoms with E-state index < -0.39 is 11.4 Å². The van der Waals surface area contributed by atoms with Crippen molar-refractivity contribution in [2.45, 2.75) is 33.1 Å². The molecule has 1 aromatic carbocycles. The number of aliphatic carboxylic acids is 1. The van der Waals surface area contributed by atoms with Crippen molar-refractivity contribution >= 4 is 11.9 Å². The summed E-state index contributed by atoms with van der Waals surface area (Å²) in [6.45, 7) is 3.95. The van der Waals surface area contributed by atoms with Crippen LogP contribution in [0.1, 0.15) is 32.3 Å². The van der Waals surface area contributed by atoms with Crippen LogP contribution < -0.4 is 5.32 Å². The van der Waals surface area contributed by atoms with Gasteiger partial charge in [0.05, 0.1) is 6.42 Å². The fourth-order valence-corrected chi connectivity index (χ4v) is 1.97. The van der Waals surface area contributed by atoms with Crippen LogP contribution in [-0.2, 0) is 16.0 Å². The molecule has 0 unspecified atom stereocenters. The predicted octanol–water partition coefficient (Wildman–Crippen LogP) is 2.38. The molecule has 0 atom stereocenters. The Morgan fingerprint density at radius 1 is 1.20 bits per heavy atom. The second-order valence-electron chi connectivity index (χ2n) is 5.64. The third-order valence-corrected chi connectivity index (χ3v) is 2.92. The van der Waals surface area contributed by atoms with Crippen LogP contribution in [-0.4, -0.2) is 23.5 Å². The number of hydrogen-bond acceptors (Lipinski definition) is 2. The van der Waals surface area contributed by atoms with Crippen molar-refractivity contribution in [3.63, 3.8) is 0 Å². The average molecular weight is 281 g/mol. The van der Waals surface area contributed by atoms with Gasteiger partial charge < -0.3 is 10.4 Å². The van der Waals surface area contributed by atoms with Gasteiger partial charge in [-0.2, -0.15) is 0 Å². The Morgan fingerprint density at radius 2 is 1.80 bits per heavy atom. The highest BCUT2D eigenvalue weighted by Crippen LogP contribution is 2.24. The summed E-state index contributed by atoms with van der Waals surface area (Å²) in [6.07, 6.45) is 0.743. The molecule has 0 saturated carbocycles. The van der Waals surface area contributed by atoms with Crippen molar-refractivity contribution in [2.75, 3.05) is 6.54 Å². The van der Waals surface area contributed by atoms with Gasteiger partial charge in [0.2, 0.25) is 5.91 Å². The van der Waals surface area contributed by atoms with E-state index in [0.29, 0.717) is 13.0 Å². The van der Waals surface area contributed by atoms with E-state index in [1.807, 2.05) is 0 Å². The summed E-state index contributed by atoms with van der Waals surface area (Å²) in [4.78, 5) is 22.4. The summed E-state index contributed by atoms with van der Waals surface area (Å²) in [5.41, 5.74) is 0.378. The van der Waals surface area contributed by atoms with Crippen LogP contribution in [0.25, 0.3) is 0 Å². The summed E-state index contributed by atoms with van der Waals surface area (Å²) in [5, 5.41) is 11.5. The van der Waals surface area contributed by atoms with Crippen LogP contribution in [0.15, 0.2) is 24.3 Å². The Labute approximate surface area is 118 Å². The van der Waals surface area contributed by atoms with Gasteiger partial charge in [-0.15, -0.1) is 0 Å². The van der Waals surface area contributed by atoms with Crippen molar-refractivity contribution < 1.29 is 19.1 Å². The number of nitrogens with one attached hydrogen (secondary N) is 1. The first-order chi connectivity index (χ1) is 9.28. The molecule has 0 spiro atoms. The SMILES string of the molecule is CC(C)(CC(=O)O)CC(=O)NCCc1ccc(F)cc1. The molecule has 0 fully saturated rings. The standard InChI is InChI=1S/C15H20FNO3/c1-15(2,10-14(19)20)9-13(18)17-8-7-11-3-5-12(16)6-4-11/h3-6H,7-10H2,1-2H3,(H,17,18)(H,19,20). The van der Waals surface area contributed by atoms with E-state index in [9.17, 15) is 14.0 Å². The summed E-state index contributed by atoms with van der Waals surface area (Å²) >= 11 is 0. The number of carboxylic acids is 1. The lowest BCUT2D eigenvalue weighted by molar-refractivity contribution is -0.139. The molecule has 0 heterocycles. The Balaban J connectivity index is 2.33. The average Bonchev–Trinajstić information content (AvgIpc) is 2.29. The number of benzene rings is 1. The smallest absolute Gasteiger partial charge is 0.303 e. The molecular weight excluding hydrogens is 261 g/mol. The van der Waals surface area contributed by atoms with Gasteiger partial charge in [0.25, 0.3) is 0 Å². The maximum atomic E-state index is 12.7. The van der Waals surface area contributed by atoms with Crippen LogP contribution in [0.5, 0.6) is 0 Å². The monoisotopic (exact) mass is 281 g/mol. The molecule has 4 nitrogen and oxygen atoms in total. The summed E-state index contributed by atoms with van der Waals surface area (Å²) in [7, 11) is 0. The van der Waals surface area contributed by atoms with E-state index in [4.69, 9.17) is 5.11 Å². The Kier molecular flexibility index (Phi) is 5.67. The highest BCUT2D eigenvalue weighted by molar-refractivity contribution is 5.77. The minimum atomic E-state index is -0.908. The number of rotatable bonds is 7. The first-order valence-corrected chi connectivity index (χ1v) is 6.51. The van der Waals surface area contributed by atoms with E-state index >= 15 is 0 Å². The fraction of sp³-hybridized carbons (Fsp3) is 0.467. The van der Waals surface area contributed by atoms with E-state index in [-0.39, 0.29) is 24.6 Å². The number of carbonyl (C=O) groups is 2. The third kappa shape index (κ3) is 6.31. The minimum absolute atomic E-state index is 0.0433. The van der Waals surface area contributed by atoms with Gasteiger partial charge in [0, 0.05) is 13.0 Å². The number of amides is 1. The molecule has 0 aliphatic carbocycles. The number of carboxylic acid groups (broad SMARTS) is 1. The Bertz CT molecular complexity index is 469. The van der Waals surface area contributed by atoms with Gasteiger partial charge in [-0.25, -0.2) is 4.39 Å². The first kappa shape index (κ1) is 16.1. The summed E-state index contributed by atoms with van der Waals surface area (Å²) in [5.74, 6) is -1.36. The van der Waals surface area contributed by atoms with Gasteiger partial charge in [-0.1, -0.05) is 26.0 Å². The Morgan fingerprint density at radius 3 is 2.35 bits per heavy atom. The lowest BCUT2D eigenvalue weighted by atomic mass is 9.85. The topological polar surface area (TPSA) is 66.4 Å². The third-order valence-electron chi connectivity index (χ3n) is 2.92. The molecular formula is C15H20FNO3. The molecule has 1 rings (SSSR count). The molecule has 1 amide bonds. The van der Waals surface area contributed by atoms with Crippen molar-refractivity contribution in [2.24, 2.45) is 5.41 Å². The Hall–Kier alpha value is -1.91. The number of hydrogen-bond donors (Lipinski definition) is 2. The molecule has 0 saturated heterocycles. The summed E-state index contributed by atoms with van der Waals surface area (Å²) < 4.78 is 12.7. The normalized spacial score (nSPS) is 11.2. The maximum absolute atomic E-state index is 12.7. The maximum Gasteiger partial charge on any atom is 0.303 e. The van der Waals surface area contributed by atoms with Crippen LogP contribution >= 0.6 is 0 Å². The van der Waals surface area contributed by atoms with Crippen LogP contribution in [0.2, 0.25) is 0 Å². The lowest BCUT2D eigenvalue weighted by Gasteiger charge is -2.21. The molecule has 0 aromatic heterocycles. The molecule has 5 heteroatoms. The largest absolute Gasteiger partial charge is 0.481 e. The number of halogens is 1. The van der Waals surface area contributed by atoms with Crippen LogP contribution in [0.4, 0.5) is 4.39 Å². The van der Waals surface area contributed by atoms with E-state index in [0.717, 1.165) is 5.56 Å². The fourth-order valence-electron chi connectivity index (χ4n) is 1.97. The van der Waals surface area contributed by atoms with Crippen molar-refractivity contribution in [1.82, 2.24) is 5.32 Å². The highest BCUT2D eigenvalue weighted by atomic mass is 19.1. The molecule has 0 aliphatic rings. The summed E-state index contributed by atoms with van der Waals surface area (Å²) in [6, 6.07) is 6.12. The molecule has 110 valence electrons. The molecule has 0 radical (unpaired) electrons. The second kappa shape index (κ2) is 7.03. The molecule has 0 bridgehead atoms. The highest BCUT2D eigenvalue weighted by Gasteiger charge is 2.24. The van der Waals surface area contributed by atoms with Crippen LogP contribution in [0.3, 0.4) is 0 Å². The minimum Gasteiger partial charge on any atom is -0.481 e. The quantitative estimate of drug-likeness (QED) is 0.806. The zero-order chi connectivity index (χ0) is 15.2. The van der Waals surface area contributed by atoms with Gasteiger partial charge in [0.1, 0.15) is 5.82 Å². The molecule has 20 heavy (non-hydrogen) atoms. The zero-order valence-electron chi connectivity index (χ0n) is 11.8. The predicted molar refractivity (Wildman–Crippen MR) is 73.8 cm³/mol. The lowest BCUT2D eigenvalue weighted by Crippen LogP contribution is -2.31. The van der Waals surface area contributed by atoms with Gasteiger partial charge in [0.15, 0.2) is 0 Å². The first-order valence-electron chi connectivity index (χ1n) is 6.51. The van der Waals surface area contributed by atoms with Gasteiger partial charge in [-0.05, 0) is 29.5 Å². The van der Waals surface area contributed by atoms with Crippen LogP contribution in [0, 0.1) is 11.2 Å². The molecule has 0 aliphatic heterocycles. The van der Waals surface area contributed by atoms with E-state index in [2.05, 4.69) is 5.32 Å². The van der Waals surface area contributed by atoms with Gasteiger partial charge in [-0.3, -0.25) is 9.59 Å². The molecule has 2 N–H and O–H groups in total.